The van der Waals surface area contributed by atoms with Crippen LogP contribution < -0.4 is 0 Å². The zero-order valence-electron chi connectivity index (χ0n) is 5.16. The molecule has 2 aromatic rings. The van der Waals surface area contributed by atoms with Crippen LogP contribution in [0.25, 0.3) is 10.8 Å². The largest absolute Gasteiger partial charge is 0.507 e. The third-order valence-corrected chi connectivity index (χ3v) is 1.43. The zero-order valence-corrected chi connectivity index (χ0v) is 5.16. The molecule has 1 radical (unpaired) electrons. The molecule has 0 fully saturated rings. The van der Waals surface area contributed by atoms with Gasteiger partial charge in [0.1, 0.15) is 12.0 Å². The second-order valence-electron chi connectivity index (χ2n) is 2.08. The highest BCUT2D eigenvalue weighted by Crippen LogP contribution is 2.23. The highest BCUT2D eigenvalue weighted by atomic mass is 16.3. The van der Waals surface area contributed by atoms with Crippen LogP contribution in [0.2, 0.25) is 0 Å². The van der Waals surface area contributed by atoms with Gasteiger partial charge in [-0.15, -0.1) is 0 Å². The highest BCUT2D eigenvalue weighted by molar-refractivity contribution is 5.86. The van der Waals surface area contributed by atoms with Crippen molar-refractivity contribution < 1.29 is 9.52 Å². The molecule has 10 heavy (non-hydrogen) atoms. The minimum atomic E-state index is 0.238. The van der Waals surface area contributed by atoms with Crippen molar-refractivity contribution in [3.8, 4) is 5.75 Å². The lowest BCUT2D eigenvalue weighted by atomic mass is 10.2. The summed E-state index contributed by atoms with van der Waals surface area (Å²) in [6, 6.07) is 5.20. The van der Waals surface area contributed by atoms with E-state index < -0.39 is 0 Å². The van der Waals surface area contributed by atoms with Crippen LogP contribution in [-0.2, 0) is 0 Å². The first-order chi connectivity index (χ1) is 4.88. The minimum Gasteiger partial charge on any atom is -0.507 e. The molecule has 0 bridgehead atoms. The van der Waals surface area contributed by atoms with Gasteiger partial charge in [0.05, 0.1) is 5.39 Å². The Labute approximate surface area is 57.7 Å². The Balaban J connectivity index is 2.95. The molecular weight excluding hydrogens is 128 g/mol. The Morgan fingerprint density at radius 3 is 3.10 bits per heavy atom. The van der Waals surface area contributed by atoms with Crippen LogP contribution in [0.3, 0.4) is 0 Å². The molecule has 0 amide bonds. The SMILES string of the molecule is Oc1cccc2[c]occ12. The molecule has 0 saturated heterocycles. The predicted molar refractivity (Wildman–Crippen MR) is 36.7 cm³/mol. The second kappa shape index (κ2) is 1.77. The standard InChI is InChI=1S/C8H5O2/c9-8-3-1-2-6-4-10-5-7(6)8/h1-3,5,9H. The van der Waals surface area contributed by atoms with E-state index in [1.807, 2.05) is 6.07 Å². The van der Waals surface area contributed by atoms with Gasteiger partial charge >= 0.3 is 0 Å². The number of aromatic hydroxyl groups is 1. The van der Waals surface area contributed by atoms with Crippen LogP contribution in [0, 0.1) is 6.26 Å². The summed E-state index contributed by atoms with van der Waals surface area (Å²) in [5, 5.41) is 10.7. The Bertz CT molecular complexity index is 349. The Kier molecular flexibility index (Phi) is 0.947. The molecule has 0 aliphatic heterocycles. The van der Waals surface area contributed by atoms with Crippen molar-refractivity contribution >= 4 is 10.8 Å². The molecule has 0 atom stereocenters. The first-order valence-corrected chi connectivity index (χ1v) is 2.95. The maximum Gasteiger partial charge on any atom is 0.177 e. The van der Waals surface area contributed by atoms with E-state index in [1.54, 1.807) is 12.1 Å². The summed E-state index contributed by atoms with van der Waals surface area (Å²) in [5.74, 6) is 0.238. The monoisotopic (exact) mass is 133 g/mol. The molecule has 2 rings (SSSR count). The summed E-state index contributed by atoms with van der Waals surface area (Å²) >= 11 is 0. The van der Waals surface area contributed by atoms with Gasteiger partial charge in [-0.2, -0.15) is 0 Å². The van der Waals surface area contributed by atoms with Gasteiger partial charge in [0, 0.05) is 5.39 Å². The summed E-state index contributed by atoms with van der Waals surface area (Å²) in [4.78, 5) is 0. The average Bonchev–Trinajstić information content (AvgIpc) is 2.36. The number of hydrogen-bond acceptors (Lipinski definition) is 2. The topological polar surface area (TPSA) is 33.4 Å². The fourth-order valence-corrected chi connectivity index (χ4v) is 0.918. The van der Waals surface area contributed by atoms with Gasteiger partial charge < -0.3 is 9.52 Å². The summed E-state index contributed by atoms with van der Waals surface area (Å²) in [6.45, 7) is 0. The first kappa shape index (κ1) is 5.35. The van der Waals surface area contributed by atoms with Crippen LogP contribution in [-0.4, -0.2) is 5.11 Å². The fraction of sp³-hybridized carbons (Fsp3) is 0. The lowest BCUT2D eigenvalue weighted by Crippen LogP contribution is -1.64. The van der Waals surface area contributed by atoms with E-state index in [4.69, 9.17) is 4.42 Å². The van der Waals surface area contributed by atoms with Crippen molar-refractivity contribution in [1.82, 2.24) is 0 Å². The van der Waals surface area contributed by atoms with E-state index in [-0.39, 0.29) is 5.75 Å². The van der Waals surface area contributed by atoms with Crippen LogP contribution >= 0.6 is 0 Å². The number of furan rings is 1. The van der Waals surface area contributed by atoms with Crippen molar-refractivity contribution in [3.63, 3.8) is 0 Å². The van der Waals surface area contributed by atoms with Gasteiger partial charge in [-0.1, -0.05) is 12.1 Å². The van der Waals surface area contributed by atoms with Crippen molar-refractivity contribution in [2.24, 2.45) is 0 Å². The quantitative estimate of drug-likeness (QED) is 0.595. The fourth-order valence-electron chi connectivity index (χ4n) is 0.918. The summed E-state index contributed by atoms with van der Waals surface area (Å²) < 4.78 is 4.76. The second-order valence-corrected chi connectivity index (χ2v) is 2.08. The van der Waals surface area contributed by atoms with Crippen molar-refractivity contribution in [3.05, 3.63) is 30.7 Å². The molecule has 0 aliphatic carbocycles. The molecule has 1 aromatic carbocycles. The van der Waals surface area contributed by atoms with Crippen LogP contribution in [0.5, 0.6) is 5.75 Å². The van der Waals surface area contributed by atoms with Crippen LogP contribution in [0.1, 0.15) is 0 Å². The summed E-state index contributed by atoms with van der Waals surface area (Å²) in [6.07, 6.45) is 4.10. The molecule has 1 N–H and O–H groups in total. The lowest BCUT2D eigenvalue weighted by molar-refractivity contribution is 0.480. The molecular formula is C8H5O2. The number of phenolic OH excluding ortho intramolecular Hbond substituents is 1. The third kappa shape index (κ3) is 0.589. The summed E-state index contributed by atoms with van der Waals surface area (Å²) in [5.41, 5.74) is 0. The Hall–Kier alpha value is -1.44. The lowest BCUT2D eigenvalue weighted by Gasteiger charge is -1.89. The molecule has 49 valence electrons. The summed E-state index contributed by atoms with van der Waals surface area (Å²) in [7, 11) is 0. The highest BCUT2D eigenvalue weighted by Gasteiger charge is 1.99. The molecule has 2 heteroatoms. The molecule has 0 spiro atoms. The average molecular weight is 133 g/mol. The number of rotatable bonds is 0. The molecule has 0 aliphatic rings. The van der Waals surface area contributed by atoms with Crippen LogP contribution in [0.4, 0.5) is 0 Å². The van der Waals surface area contributed by atoms with Gasteiger partial charge in [-0.25, -0.2) is 0 Å². The van der Waals surface area contributed by atoms with E-state index >= 15 is 0 Å². The number of hydrogen-bond donors (Lipinski definition) is 1. The first-order valence-electron chi connectivity index (χ1n) is 2.95. The van der Waals surface area contributed by atoms with E-state index in [2.05, 4.69) is 6.26 Å². The van der Waals surface area contributed by atoms with E-state index in [1.165, 1.54) is 6.26 Å². The number of benzene rings is 1. The van der Waals surface area contributed by atoms with Crippen molar-refractivity contribution in [1.29, 1.82) is 0 Å². The van der Waals surface area contributed by atoms with Gasteiger partial charge in [0.25, 0.3) is 0 Å². The van der Waals surface area contributed by atoms with Gasteiger partial charge in [0.15, 0.2) is 6.26 Å². The molecule has 0 unspecified atom stereocenters. The van der Waals surface area contributed by atoms with Gasteiger partial charge in [-0.3, -0.25) is 0 Å². The maximum absolute atomic E-state index is 9.18. The molecule has 1 aromatic heterocycles. The Morgan fingerprint density at radius 1 is 1.40 bits per heavy atom. The van der Waals surface area contributed by atoms with E-state index in [0.717, 1.165) is 5.39 Å². The minimum absolute atomic E-state index is 0.238. The molecule has 0 saturated carbocycles. The van der Waals surface area contributed by atoms with Crippen molar-refractivity contribution in [2.45, 2.75) is 0 Å². The van der Waals surface area contributed by atoms with E-state index in [0.29, 0.717) is 5.39 Å². The van der Waals surface area contributed by atoms with Gasteiger partial charge in [0.2, 0.25) is 0 Å². The maximum atomic E-state index is 9.18. The third-order valence-electron chi connectivity index (χ3n) is 1.43. The Morgan fingerprint density at radius 2 is 2.30 bits per heavy atom. The molecule has 1 heterocycles. The zero-order chi connectivity index (χ0) is 6.97. The number of fused-ring (bicyclic) bond motifs is 1. The van der Waals surface area contributed by atoms with Gasteiger partial charge in [-0.05, 0) is 6.07 Å². The van der Waals surface area contributed by atoms with Crippen molar-refractivity contribution in [2.75, 3.05) is 0 Å². The normalized spacial score (nSPS) is 10.4. The molecule has 2 nitrogen and oxygen atoms in total. The number of phenols is 1. The van der Waals surface area contributed by atoms with Crippen LogP contribution in [0.15, 0.2) is 28.9 Å². The predicted octanol–water partition coefficient (Wildman–Crippen LogP) is 1.94. The smallest absolute Gasteiger partial charge is 0.177 e. The van der Waals surface area contributed by atoms with E-state index in [9.17, 15) is 5.11 Å².